The molecule has 0 bridgehead atoms. The van der Waals surface area contributed by atoms with Gasteiger partial charge < -0.3 is 14.7 Å². The number of aromatic nitrogens is 1. The van der Waals surface area contributed by atoms with Crippen molar-refractivity contribution in [2.45, 2.75) is 32.5 Å². The van der Waals surface area contributed by atoms with E-state index in [-0.39, 0.29) is 11.9 Å². The highest BCUT2D eigenvalue weighted by molar-refractivity contribution is 5.39. The highest BCUT2D eigenvalue weighted by Gasteiger charge is 2.22. The minimum atomic E-state index is 0.000145. The molecule has 5 nitrogen and oxygen atoms in total. The van der Waals surface area contributed by atoms with Gasteiger partial charge in [0.15, 0.2) is 0 Å². The summed E-state index contributed by atoms with van der Waals surface area (Å²) in [5, 5.41) is 9.67. The van der Waals surface area contributed by atoms with Gasteiger partial charge in [-0.05, 0) is 43.2 Å². The standard InChI is InChI=1S/C20H27N3O2/c1-15(2)22(3)20-8-7-16(12-21-20)13-23-9-10-25-19(14-23)17-5-4-6-18(24)11-17/h4-8,11-12,15,19,24H,9-10,13-14H2,1-3H3/t19-/m1/s1. The van der Waals surface area contributed by atoms with Crippen molar-refractivity contribution < 1.29 is 9.84 Å². The molecule has 2 aromatic rings. The van der Waals surface area contributed by atoms with Gasteiger partial charge in [0.25, 0.3) is 0 Å². The lowest BCUT2D eigenvalue weighted by molar-refractivity contribution is -0.0330. The van der Waals surface area contributed by atoms with Crippen molar-refractivity contribution in [3.05, 3.63) is 53.7 Å². The molecule has 1 aromatic carbocycles. The molecule has 1 aliphatic heterocycles. The van der Waals surface area contributed by atoms with Gasteiger partial charge in [-0.25, -0.2) is 4.98 Å². The fourth-order valence-electron chi connectivity index (χ4n) is 3.01. The van der Waals surface area contributed by atoms with Crippen molar-refractivity contribution in [2.75, 3.05) is 31.6 Å². The largest absolute Gasteiger partial charge is 0.508 e. The first-order valence-electron chi connectivity index (χ1n) is 8.83. The quantitative estimate of drug-likeness (QED) is 0.905. The van der Waals surface area contributed by atoms with Crippen LogP contribution in [0.2, 0.25) is 0 Å². The molecule has 0 unspecified atom stereocenters. The van der Waals surface area contributed by atoms with Crippen molar-refractivity contribution in [1.82, 2.24) is 9.88 Å². The lowest BCUT2D eigenvalue weighted by Gasteiger charge is -2.33. The molecule has 2 heterocycles. The number of nitrogens with zero attached hydrogens (tertiary/aromatic N) is 3. The van der Waals surface area contributed by atoms with Crippen LogP contribution in [0.25, 0.3) is 0 Å². The van der Waals surface area contributed by atoms with Crippen LogP contribution in [-0.4, -0.2) is 47.8 Å². The highest BCUT2D eigenvalue weighted by atomic mass is 16.5. The number of hydrogen-bond donors (Lipinski definition) is 1. The predicted molar refractivity (Wildman–Crippen MR) is 99.9 cm³/mol. The normalized spacial score (nSPS) is 18.5. The Morgan fingerprint density at radius 3 is 2.84 bits per heavy atom. The third-order valence-electron chi connectivity index (χ3n) is 4.74. The van der Waals surface area contributed by atoms with Gasteiger partial charge in [-0.2, -0.15) is 0 Å². The Morgan fingerprint density at radius 2 is 2.16 bits per heavy atom. The molecule has 25 heavy (non-hydrogen) atoms. The number of aromatic hydroxyl groups is 1. The molecular formula is C20H27N3O2. The Bertz CT molecular complexity index is 688. The van der Waals surface area contributed by atoms with Crippen LogP contribution in [0.4, 0.5) is 5.82 Å². The van der Waals surface area contributed by atoms with E-state index in [1.807, 2.05) is 18.3 Å². The lowest BCUT2D eigenvalue weighted by atomic mass is 10.1. The van der Waals surface area contributed by atoms with Gasteiger partial charge in [0.1, 0.15) is 11.6 Å². The maximum Gasteiger partial charge on any atom is 0.128 e. The zero-order valence-corrected chi connectivity index (χ0v) is 15.2. The molecule has 1 aromatic heterocycles. The van der Waals surface area contributed by atoms with E-state index in [1.165, 1.54) is 5.56 Å². The minimum absolute atomic E-state index is 0.000145. The molecule has 0 amide bonds. The summed E-state index contributed by atoms with van der Waals surface area (Å²) in [4.78, 5) is 9.13. The van der Waals surface area contributed by atoms with Gasteiger partial charge >= 0.3 is 0 Å². The van der Waals surface area contributed by atoms with Gasteiger partial charge in [0.2, 0.25) is 0 Å². The lowest BCUT2D eigenvalue weighted by Crippen LogP contribution is -2.37. The summed E-state index contributed by atoms with van der Waals surface area (Å²) in [6, 6.07) is 12.0. The van der Waals surface area contributed by atoms with E-state index in [0.29, 0.717) is 12.6 Å². The van der Waals surface area contributed by atoms with Crippen LogP contribution in [0, 0.1) is 0 Å². The van der Waals surface area contributed by atoms with Gasteiger partial charge in [-0.3, -0.25) is 4.90 Å². The molecule has 134 valence electrons. The molecular weight excluding hydrogens is 314 g/mol. The Labute approximate surface area is 149 Å². The molecule has 1 atom stereocenters. The van der Waals surface area contributed by atoms with Crippen LogP contribution in [-0.2, 0) is 11.3 Å². The molecule has 0 spiro atoms. The molecule has 0 saturated carbocycles. The van der Waals surface area contributed by atoms with E-state index >= 15 is 0 Å². The number of benzene rings is 1. The summed E-state index contributed by atoms with van der Waals surface area (Å²) in [5.74, 6) is 1.28. The minimum Gasteiger partial charge on any atom is -0.508 e. The Balaban J connectivity index is 1.63. The molecule has 3 rings (SSSR count). The molecule has 1 saturated heterocycles. The molecule has 0 radical (unpaired) electrons. The predicted octanol–water partition coefficient (Wildman–Crippen LogP) is 3.21. The van der Waals surface area contributed by atoms with Crippen LogP contribution in [0.15, 0.2) is 42.6 Å². The fourth-order valence-corrected chi connectivity index (χ4v) is 3.01. The topological polar surface area (TPSA) is 48.8 Å². The van der Waals surface area contributed by atoms with Crippen LogP contribution in [0.5, 0.6) is 5.75 Å². The second-order valence-corrected chi connectivity index (χ2v) is 6.92. The summed E-state index contributed by atoms with van der Waals surface area (Å²) in [5.41, 5.74) is 2.23. The zero-order chi connectivity index (χ0) is 17.8. The van der Waals surface area contributed by atoms with Gasteiger partial charge in [-0.1, -0.05) is 18.2 Å². The smallest absolute Gasteiger partial charge is 0.128 e. The Kier molecular flexibility index (Phi) is 5.56. The molecule has 5 heteroatoms. The summed E-state index contributed by atoms with van der Waals surface area (Å²) >= 11 is 0. The molecule has 1 aliphatic rings. The summed E-state index contributed by atoms with van der Waals surface area (Å²) in [6.45, 7) is 7.59. The van der Waals surface area contributed by atoms with Crippen molar-refractivity contribution >= 4 is 5.82 Å². The highest BCUT2D eigenvalue weighted by Crippen LogP contribution is 2.25. The molecule has 1 N–H and O–H groups in total. The van der Waals surface area contributed by atoms with Gasteiger partial charge in [0.05, 0.1) is 12.7 Å². The summed E-state index contributed by atoms with van der Waals surface area (Å²) in [7, 11) is 2.06. The first kappa shape index (κ1) is 17.7. The molecule has 1 fully saturated rings. The number of hydrogen-bond acceptors (Lipinski definition) is 5. The van der Waals surface area contributed by atoms with Crippen LogP contribution < -0.4 is 4.90 Å². The Morgan fingerprint density at radius 1 is 1.32 bits per heavy atom. The maximum absolute atomic E-state index is 9.67. The first-order chi connectivity index (χ1) is 12.0. The number of phenolic OH excluding ortho intramolecular Hbond substituents is 1. The average molecular weight is 341 g/mol. The third kappa shape index (κ3) is 4.50. The second-order valence-electron chi connectivity index (χ2n) is 6.92. The van der Waals surface area contributed by atoms with Crippen molar-refractivity contribution in [1.29, 1.82) is 0 Å². The monoisotopic (exact) mass is 341 g/mol. The number of phenols is 1. The summed E-state index contributed by atoms with van der Waals surface area (Å²) in [6.07, 6.45) is 1.97. The molecule has 0 aliphatic carbocycles. The zero-order valence-electron chi connectivity index (χ0n) is 15.2. The fraction of sp³-hybridized carbons (Fsp3) is 0.450. The van der Waals surface area contributed by atoms with Crippen molar-refractivity contribution in [3.8, 4) is 5.75 Å². The number of ether oxygens (including phenoxy) is 1. The van der Waals surface area contributed by atoms with Crippen molar-refractivity contribution in [3.63, 3.8) is 0 Å². The summed E-state index contributed by atoms with van der Waals surface area (Å²) < 4.78 is 5.89. The number of morpholine rings is 1. The van der Waals surface area contributed by atoms with E-state index in [2.05, 4.69) is 47.8 Å². The average Bonchev–Trinajstić information content (AvgIpc) is 2.62. The second kappa shape index (κ2) is 7.85. The van der Waals surface area contributed by atoms with Crippen LogP contribution in [0.3, 0.4) is 0 Å². The van der Waals surface area contributed by atoms with E-state index in [0.717, 1.165) is 31.0 Å². The Hall–Kier alpha value is -2.11. The van der Waals surface area contributed by atoms with Crippen LogP contribution >= 0.6 is 0 Å². The number of pyridine rings is 1. The third-order valence-corrected chi connectivity index (χ3v) is 4.74. The maximum atomic E-state index is 9.67. The van der Waals surface area contributed by atoms with E-state index in [4.69, 9.17) is 4.74 Å². The van der Waals surface area contributed by atoms with E-state index in [9.17, 15) is 5.11 Å². The van der Waals surface area contributed by atoms with Crippen LogP contribution in [0.1, 0.15) is 31.1 Å². The van der Waals surface area contributed by atoms with Gasteiger partial charge in [0, 0.05) is 38.9 Å². The number of anilines is 1. The number of rotatable bonds is 5. The van der Waals surface area contributed by atoms with Gasteiger partial charge in [-0.15, -0.1) is 0 Å². The van der Waals surface area contributed by atoms with E-state index < -0.39 is 0 Å². The SMILES string of the molecule is CC(C)N(C)c1ccc(CN2CCO[C@@H](c3cccc(O)c3)C2)cn1. The van der Waals surface area contributed by atoms with Crippen molar-refractivity contribution in [2.24, 2.45) is 0 Å². The first-order valence-corrected chi connectivity index (χ1v) is 8.83. The van der Waals surface area contributed by atoms with E-state index in [1.54, 1.807) is 12.1 Å².